The van der Waals surface area contributed by atoms with Gasteiger partial charge in [0.1, 0.15) is 5.82 Å². The van der Waals surface area contributed by atoms with Gasteiger partial charge in [-0.25, -0.2) is 18.1 Å². The van der Waals surface area contributed by atoms with Crippen LogP contribution in [-0.4, -0.2) is 59.0 Å². The van der Waals surface area contributed by atoms with Crippen LogP contribution in [0.5, 0.6) is 0 Å². The summed E-state index contributed by atoms with van der Waals surface area (Å²) >= 11 is 5.86. The lowest BCUT2D eigenvalue weighted by atomic mass is 10.6. The average Bonchev–Trinajstić information content (AvgIpc) is 2.33. The van der Waals surface area contributed by atoms with Gasteiger partial charge >= 0.3 is 0 Å². The van der Waals surface area contributed by atoms with E-state index in [9.17, 15) is 8.42 Å². The minimum absolute atomic E-state index is 0.236. The van der Waals surface area contributed by atoms with Crippen LogP contribution in [0.25, 0.3) is 0 Å². The second kappa shape index (κ2) is 7.53. The van der Waals surface area contributed by atoms with Gasteiger partial charge in [-0.1, -0.05) is 11.6 Å². The number of sulfonamides is 1. The van der Waals surface area contributed by atoms with E-state index in [0.29, 0.717) is 30.1 Å². The first-order chi connectivity index (χ1) is 9.29. The van der Waals surface area contributed by atoms with Crippen molar-refractivity contribution in [2.75, 3.05) is 39.6 Å². The molecule has 0 amide bonds. The Balaban J connectivity index is 2.20. The normalized spacial score (nSPS) is 18.1. The molecule has 5 N–H and O–H groups in total. The van der Waals surface area contributed by atoms with E-state index in [2.05, 4.69) is 20.5 Å². The molecule has 0 atom stereocenters. The average molecular weight is 327 g/mol. The monoisotopic (exact) mass is 326 g/mol. The third kappa shape index (κ3) is 6.28. The molecule has 0 radical (unpaired) electrons. The molecule has 0 spiro atoms. The van der Waals surface area contributed by atoms with Crippen LogP contribution in [0.15, 0.2) is 16.0 Å². The molecule has 0 saturated heterocycles. The molecule has 1 aliphatic heterocycles. The summed E-state index contributed by atoms with van der Waals surface area (Å²) in [4.78, 5) is 4.18. The molecule has 0 saturated carbocycles. The van der Waals surface area contributed by atoms with Gasteiger partial charge in [0.25, 0.3) is 0 Å². The molecule has 0 fully saturated rings. The minimum atomic E-state index is -3.17. The summed E-state index contributed by atoms with van der Waals surface area (Å²) in [5.41, 5.74) is 8.52. The van der Waals surface area contributed by atoms with Gasteiger partial charge in [-0.3, -0.25) is 10.4 Å². The number of hydrazine groups is 1. The summed E-state index contributed by atoms with van der Waals surface area (Å²) in [5, 5.41) is 4.68. The first-order valence-electron chi connectivity index (χ1n) is 5.79. The number of aliphatic imine (C=N–C) groups is 1. The van der Waals surface area contributed by atoms with Gasteiger partial charge in [-0.2, -0.15) is 0 Å². The molecule has 1 aliphatic rings. The van der Waals surface area contributed by atoms with Crippen molar-refractivity contribution in [3.8, 4) is 0 Å². The number of ether oxygens (including phenoxy) is 1. The molecular formula is C9H19ClN6O3S. The quantitative estimate of drug-likeness (QED) is 0.324. The van der Waals surface area contributed by atoms with Crippen molar-refractivity contribution in [3.63, 3.8) is 0 Å². The molecule has 0 aromatic carbocycles. The number of guanidine groups is 1. The zero-order valence-electron chi connectivity index (χ0n) is 11.3. The van der Waals surface area contributed by atoms with E-state index in [4.69, 9.17) is 22.1 Å². The van der Waals surface area contributed by atoms with Crippen LogP contribution >= 0.6 is 11.6 Å². The van der Waals surface area contributed by atoms with Gasteiger partial charge in [0, 0.05) is 13.6 Å². The lowest BCUT2D eigenvalue weighted by Crippen LogP contribution is -2.52. The minimum Gasteiger partial charge on any atom is -0.383 e. The third-order valence-corrected chi connectivity index (χ3v) is 3.35. The number of rotatable bonds is 7. The molecule has 0 bridgehead atoms. The fraction of sp³-hybridized carbons (Fsp3) is 0.667. The lowest BCUT2D eigenvalue weighted by Gasteiger charge is -2.28. The highest BCUT2D eigenvalue weighted by Crippen LogP contribution is 2.08. The van der Waals surface area contributed by atoms with Gasteiger partial charge in [0.15, 0.2) is 5.16 Å². The predicted molar refractivity (Wildman–Crippen MR) is 77.1 cm³/mol. The maximum absolute atomic E-state index is 10.8. The van der Waals surface area contributed by atoms with Crippen molar-refractivity contribution >= 4 is 27.6 Å². The highest BCUT2D eigenvalue weighted by Gasteiger charge is 2.15. The van der Waals surface area contributed by atoms with E-state index in [1.54, 1.807) is 7.05 Å². The Bertz CT molecular complexity index is 492. The Morgan fingerprint density at radius 3 is 2.80 bits per heavy atom. The van der Waals surface area contributed by atoms with Crippen LogP contribution in [0.3, 0.4) is 0 Å². The molecule has 116 valence electrons. The van der Waals surface area contributed by atoms with Crippen molar-refractivity contribution in [2.45, 2.75) is 0 Å². The maximum Gasteiger partial charge on any atom is 0.216 e. The summed E-state index contributed by atoms with van der Waals surface area (Å²) in [6.07, 6.45) is 1.10. The molecule has 0 aromatic heterocycles. The summed E-state index contributed by atoms with van der Waals surface area (Å²) in [7, 11) is -1.46. The second-order valence-electron chi connectivity index (χ2n) is 4.01. The molecule has 0 aliphatic carbocycles. The van der Waals surface area contributed by atoms with E-state index < -0.39 is 10.0 Å². The Morgan fingerprint density at radius 1 is 1.50 bits per heavy atom. The first kappa shape index (κ1) is 16.8. The largest absolute Gasteiger partial charge is 0.383 e. The molecule has 9 nitrogen and oxygen atoms in total. The fourth-order valence-corrected chi connectivity index (χ4v) is 1.84. The van der Waals surface area contributed by atoms with Gasteiger partial charge in [-0.05, 0) is 0 Å². The predicted octanol–water partition coefficient (Wildman–Crippen LogP) is -1.73. The van der Waals surface area contributed by atoms with Gasteiger partial charge < -0.3 is 15.8 Å². The zero-order chi connectivity index (χ0) is 15.2. The van der Waals surface area contributed by atoms with E-state index in [-0.39, 0.29) is 13.2 Å². The summed E-state index contributed by atoms with van der Waals surface area (Å²) < 4.78 is 29.1. The van der Waals surface area contributed by atoms with Crippen molar-refractivity contribution in [1.29, 1.82) is 0 Å². The highest BCUT2D eigenvalue weighted by atomic mass is 35.5. The van der Waals surface area contributed by atoms with Crippen LogP contribution in [0, 0.1) is 0 Å². The van der Waals surface area contributed by atoms with Gasteiger partial charge in [0.05, 0.1) is 26.0 Å². The number of nitrogens with one attached hydrogen (secondary N) is 3. The number of hydrogen-bond donors (Lipinski definition) is 4. The maximum atomic E-state index is 10.8. The highest BCUT2D eigenvalue weighted by molar-refractivity contribution is 7.88. The Hall–Kier alpha value is -1.23. The molecule has 1 heterocycles. The SMILES string of the molecule is CN1NC(=NCCOCCNS(C)(=O)=O)NC(N)=C1Cl. The molecule has 11 heteroatoms. The molecule has 1 rings (SSSR count). The van der Waals surface area contributed by atoms with E-state index in [1.807, 2.05) is 0 Å². The Kier molecular flexibility index (Phi) is 6.33. The summed E-state index contributed by atoms with van der Waals surface area (Å²) in [5.74, 6) is 0.775. The van der Waals surface area contributed by atoms with E-state index >= 15 is 0 Å². The number of nitrogens with zero attached hydrogens (tertiary/aromatic N) is 2. The van der Waals surface area contributed by atoms with E-state index in [1.165, 1.54) is 5.01 Å². The summed E-state index contributed by atoms with van der Waals surface area (Å²) in [6.45, 7) is 1.28. The topological polar surface area (TPSA) is 121 Å². The molecular weight excluding hydrogens is 308 g/mol. The van der Waals surface area contributed by atoms with Crippen LogP contribution in [0.1, 0.15) is 0 Å². The van der Waals surface area contributed by atoms with Crippen molar-refractivity contribution in [2.24, 2.45) is 10.7 Å². The van der Waals surface area contributed by atoms with Gasteiger partial charge in [-0.15, -0.1) is 0 Å². The third-order valence-electron chi connectivity index (χ3n) is 2.16. The Morgan fingerprint density at radius 2 is 2.20 bits per heavy atom. The standard InChI is InChI=1S/C9H19ClN6O3S/c1-16-7(10)8(11)14-9(15-16)12-3-5-19-6-4-13-20(2,17)18/h13H,3-6,11H2,1-2H3,(H2,12,14,15). The van der Waals surface area contributed by atoms with Crippen molar-refractivity contribution in [1.82, 2.24) is 20.5 Å². The van der Waals surface area contributed by atoms with Gasteiger partial charge in [0.2, 0.25) is 16.0 Å². The number of nitrogens with two attached hydrogens (primary N) is 1. The number of hydrogen-bond acceptors (Lipinski definition) is 6. The summed E-state index contributed by atoms with van der Waals surface area (Å²) in [6, 6.07) is 0. The molecule has 0 aromatic rings. The molecule has 20 heavy (non-hydrogen) atoms. The van der Waals surface area contributed by atoms with Crippen molar-refractivity contribution in [3.05, 3.63) is 11.0 Å². The van der Waals surface area contributed by atoms with Crippen LogP contribution in [0.4, 0.5) is 0 Å². The number of halogens is 1. The second-order valence-corrected chi connectivity index (χ2v) is 6.20. The molecule has 0 unspecified atom stereocenters. The zero-order valence-corrected chi connectivity index (χ0v) is 12.9. The Labute approximate surface area is 123 Å². The van der Waals surface area contributed by atoms with Crippen LogP contribution in [0.2, 0.25) is 0 Å². The van der Waals surface area contributed by atoms with Crippen LogP contribution in [-0.2, 0) is 14.8 Å². The van der Waals surface area contributed by atoms with Crippen LogP contribution < -0.4 is 21.2 Å². The smallest absolute Gasteiger partial charge is 0.216 e. The van der Waals surface area contributed by atoms with E-state index in [0.717, 1.165) is 6.26 Å². The first-order valence-corrected chi connectivity index (χ1v) is 8.06. The van der Waals surface area contributed by atoms with Crippen molar-refractivity contribution < 1.29 is 13.2 Å². The fourth-order valence-electron chi connectivity index (χ4n) is 1.29. The lowest BCUT2D eigenvalue weighted by molar-refractivity contribution is 0.147.